The number of esters is 2. The molecule has 6 heteroatoms. The minimum absolute atomic E-state index is 0.133. The molecule has 0 aromatic rings. The lowest BCUT2D eigenvalue weighted by molar-refractivity contribution is -0.150. The van der Waals surface area contributed by atoms with Crippen molar-refractivity contribution in [2.75, 3.05) is 6.61 Å². The highest BCUT2D eigenvalue weighted by Gasteiger charge is 2.46. The average Bonchev–Trinajstić information content (AvgIpc) is 2.88. The summed E-state index contributed by atoms with van der Waals surface area (Å²) in [5, 5.41) is 20.7. The third-order valence-electron chi connectivity index (χ3n) is 4.87. The third-order valence-corrected chi connectivity index (χ3v) is 4.87. The molecule has 2 rings (SSSR count). The van der Waals surface area contributed by atoms with E-state index in [0.29, 0.717) is 24.0 Å². The smallest absolute Gasteiger partial charge is 0.334 e. The molecule has 6 nitrogen and oxygen atoms in total. The predicted octanol–water partition coefficient (Wildman–Crippen LogP) is 1.98. The van der Waals surface area contributed by atoms with Crippen molar-refractivity contribution in [1.82, 2.24) is 0 Å². The second kappa shape index (κ2) is 8.47. The Morgan fingerprint density at radius 3 is 2.81 bits per heavy atom. The summed E-state index contributed by atoms with van der Waals surface area (Å²) in [5.41, 5.74) is 1.92. The van der Waals surface area contributed by atoms with Crippen molar-refractivity contribution in [2.24, 2.45) is 5.92 Å². The van der Waals surface area contributed by atoms with Crippen LogP contribution in [0.15, 0.2) is 47.1 Å². The van der Waals surface area contributed by atoms with Gasteiger partial charge in [-0.1, -0.05) is 24.3 Å². The average molecular weight is 362 g/mol. The Morgan fingerprint density at radius 1 is 1.50 bits per heavy atom. The zero-order valence-corrected chi connectivity index (χ0v) is 15.4. The summed E-state index contributed by atoms with van der Waals surface area (Å²) >= 11 is 0. The first-order valence-corrected chi connectivity index (χ1v) is 8.69. The minimum atomic E-state index is -1.27. The first kappa shape index (κ1) is 20.1. The summed E-state index contributed by atoms with van der Waals surface area (Å²) in [6, 6.07) is 0. The normalized spacial score (nSPS) is 30.1. The number of aliphatic hydroxyl groups excluding tert-OH is 2. The molecule has 1 aliphatic carbocycles. The van der Waals surface area contributed by atoms with E-state index >= 15 is 0 Å². The Morgan fingerprint density at radius 2 is 2.19 bits per heavy atom. The molecule has 0 saturated carbocycles. The van der Waals surface area contributed by atoms with E-state index in [0.717, 1.165) is 5.57 Å². The molecule has 0 bridgehead atoms. The molecule has 0 aromatic carbocycles. The van der Waals surface area contributed by atoms with Gasteiger partial charge in [-0.05, 0) is 45.3 Å². The lowest BCUT2D eigenvalue weighted by Crippen LogP contribution is -2.42. The summed E-state index contributed by atoms with van der Waals surface area (Å²) in [6.45, 7) is 8.60. The van der Waals surface area contributed by atoms with Crippen molar-refractivity contribution in [2.45, 2.75) is 51.9 Å². The molecule has 4 unspecified atom stereocenters. The van der Waals surface area contributed by atoms with E-state index in [9.17, 15) is 19.8 Å². The zero-order valence-electron chi connectivity index (χ0n) is 15.4. The molecule has 1 saturated heterocycles. The molecule has 0 spiro atoms. The lowest BCUT2D eigenvalue weighted by Gasteiger charge is -2.31. The van der Waals surface area contributed by atoms with Gasteiger partial charge in [0.05, 0.1) is 12.5 Å². The van der Waals surface area contributed by atoms with Crippen LogP contribution >= 0.6 is 0 Å². The minimum Gasteiger partial charge on any atom is -0.454 e. The SMILES string of the molecule is C=C1C(=O)OC2C=C(C)CCC=C(CO)C(OC(=O)C(C)=CC)C(O)C12. The van der Waals surface area contributed by atoms with E-state index < -0.39 is 36.2 Å². The lowest BCUT2D eigenvalue weighted by atomic mass is 9.84. The van der Waals surface area contributed by atoms with Gasteiger partial charge in [0.2, 0.25) is 0 Å². The molecule has 4 atom stereocenters. The van der Waals surface area contributed by atoms with Gasteiger partial charge in [0.15, 0.2) is 6.10 Å². The van der Waals surface area contributed by atoms with Crippen LogP contribution in [0.2, 0.25) is 0 Å². The van der Waals surface area contributed by atoms with Gasteiger partial charge in [0.1, 0.15) is 12.2 Å². The van der Waals surface area contributed by atoms with Gasteiger partial charge in [-0.2, -0.15) is 0 Å². The van der Waals surface area contributed by atoms with Crippen molar-refractivity contribution in [3.05, 3.63) is 47.1 Å². The number of allylic oxidation sites excluding steroid dienone is 3. The van der Waals surface area contributed by atoms with Crippen molar-refractivity contribution in [1.29, 1.82) is 0 Å². The van der Waals surface area contributed by atoms with E-state index in [-0.39, 0.29) is 12.2 Å². The number of hydrogen-bond acceptors (Lipinski definition) is 6. The van der Waals surface area contributed by atoms with Gasteiger partial charge in [-0.15, -0.1) is 0 Å². The van der Waals surface area contributed by atoms with Crippen LogP contribution < -0.4 is 0 Å². The topological polar surface area (TPSA) is 93.1 Å². The molecule has 2 aliphatic rings. The molecular formula is C20H26O6. The molecule has 0 radical (unpaired) electrons. The molecule has 0 amide bonds. The Labute approximate surface area is 153 Å². The van der Waals surface area contributed by atoms with Crippen LogP contribution in [0, 0.1) is 5.92 Å². The summed E-state index contributed by atoms with van der Waals surface area (Å²) in [5.74, 6) is -1.92. The predicted molar refractivity (Wildman–Crippen MR) is 96.0 cm³/mol. The standard InChI is InChI=1S/C20H26O6/c1-5-12(3)19(23)26-18-14(10-21)8-6-7-11(2)9-15-16(17(18)22)13(4)20(24)25-15/h5,8-9,15-18,21-22H,4,6-7,10H2,1-3H3. The summed E-state index contributed by atoms with van der Waals surface area (Å²) in [6.07, 6.45) is 3.44. The van der Waals surface area contributed by atoms with Gasteiger partial charge < -0.3 is 19.7 Å². The van der Waals surface area contributed by atoms with Crippen molar-refractivity contribution in [3.8, 4) is 0 Å². The Balaban J connectivity index is 2.45. The van der Waals surface area contributed by atoms with Crippen LogP contribution in [0.5, 0.6) is 0 Å². The van der Waals surface area contributed by atoms with Crippen LogP contribution in [0.4, 0.5) is 0 Å². The van der Waals surface area contributed by atoms with E-state index in [1.807, 2.05) is 6.92 Å². The van der Waals surface area contributed by atoms with Gasteiger partial charge >= 0.3 is 11.9 Å². The maximum absolute atomic E-state index is 12.2. The molecule has 26 heavy (non-hydrogen) atoms. The highest BCUT2D eigenvalue weighted by Crippen LogP contribution is 2.35. The monoisotopic (exact) mass is 362 g/mol. The number of rotatable bonds is 3. The van der Waals surface area contributed by atoms with Crippen LogP contribution in [0.3, 0.4) is 0 Å². The number of hydrogen-bond donors (Lipinski definition) is 2. The third kappa shape index (κ3) is 4.14. The maximum Gasteiger partial charge on any atom is 0.334 e. The first-order chi connectivity index (χ1) is 12.3. The largest absolute Gasteiger partial charge is 0.454 e. The highest BCUT2D eigenvalue weighted by molar-refractivity contribution is 5.91. The molecule has 1 aliphatic heterocycles. The molecule has 0 aromatic heterocycles. The summed E-state index contributed by atoms with van der Waals surface area (Å²) < 4.78 is 10.8. The van der Waals surface area contributed by atoms with Gasteiger partial charge in [0.25, 0.3) is 0 Å². The number of carbonyl (C=O) groups is 2. The number of carbonyl (C=O) groups excluding carboxylic acids is 2. The van der Waals surface area contributed by atoms with E-state index in [1.54, 1.807) is 32.1 Å². The van der Waals surface area contributed by atoms with Crippen molar-refractivity contribution < 1.29 is 29.3 Å². The van der Waals surface area contributed by atoms with Gasteiger partial charge in [0, 0.05) is 11.1 Å². The fourth-order valence-electron chi connectivity index (χ4n) is 3.14. The van der Waals surface area contributed by atoms with E-state index in [2.05, 4.69) is 6.58 Å². The zero-order chi connectivity index (χ0) is 19.4. The number of aliphatic hydroxyl groups is 2. The van der Waals surface area contributed by atoms with Crippen LogP contribution in [0.1, 0.15) is 33.6 Å². The van der Waals surface area contributed by atoms with Crippen molar-refractivity contribution >= 4 is 11.9 Å². The molecule has 1 heterocycles. The summed E-state index contributed by atoms with van der Waals surface area (Å²) in [7, 11) is 0. The molecular weight excluding hydrogens is 336 g/mol. The molecule has 142 valence electrons. The molecule has 1 fully saturated rings. The molecule has 2 N–H and O–H groups in total. The van der Waals surface area contributed by atoms with Crippen LogP contribution in [-0.4, -0.2) is 47.1 Å². The Hall–Kier alpha value is -2.18. The van der Waals surface area contributed by atoms with Crippen molar-refractivity contribution in [3.63, 3.8) is 0 Å². The van der Waals surface area contributed by atoms with Gasteiger partial charge in [-0.3, -0.25) is 0 Å². The quantitative estimate of drug-likeness (QED) is 0.453. The Bertz CT molecular complexity index is 684. The fraction of sp³-hybridized carbons (Fsp3) is 0.500. The Kier molecular flexibility index (Phi) is 6.56. The second-order valence-electron chi connectivity index (χ2n) is 6.70. The van der Waals surface area contributed by atoms with E-state index in [1.165, 1.54) is 0 Å². The van der Waals surface area contributed by atoms with Crippen LogP contribution in [0.25, 0.3) is 0 Å². The summed E-state index contributed by atoms with van der Waals surface area (Å²) in [4.78, 5) is 24.2. The highest BCUT2D eigenvalue weighted by atomic mass is 16.6. The van der Waals surface area contributed by atoms with E-state index in [4.69, 9.17) is 9.47 Å². The van der Waals surface area contributed by atoms with Crippen LogP contribution in [-0.2, 0) is 19.1 Å². The number of fused-ring (bicyclic) bond motifs is 1. The van der Waals surface area contributed by atoms with Gasteiger partial charge in [-0.25, -0.2) is 9.59 Å². The number of ether oxygens (including phenoxy) is 2. The second-order valence-corrected chi connectivity index (χ2v) is 6.70. The maximum atomic E-state index is 12.2. The fourth-order valence-corrected chi connectivity index (χ4v) is 3.14. The first-order valence-electron chi connectivity index (χ1n) is 8.69.